The van der Waals surface area contributed by atoms with Gasteiger partial charge in [-0.05, 0) is 31.0 Å². The number of amides is 1. The second-order valence-electron chi connectivity index (χ2n) is 4.48. The average molecular weight is 287 g/mol. The van der Waals surface area contributed by atoms with Crippen LogP contribution < -0.4 is 4.90 Å². The van der Waals surface area contributed by atoms with Crippen molar-refractivity contribution in [1.29, 1.82) is 0 Å². The van der Waals surface area contributed by atoms with E-state index in [4.69, 9.17) is 0 Å². The first-order valence-electron chi connectivity index (χ1n) is 5.89. The minimum absolute atomic E-state index is 0.227. The molecule has 0 unspecified atom stereocenters. The number of hydrogen-bond acceptors (Lipinski definition) is 3. The van der Waals surface area contributed by atoms with E-state index in [2.05, 4.69) is 4.74 Å². The normalized spacial score (nSPS) is 14.9. The van der Waals surface area contributed by atoms with E-state index in [0.29, 0.717) is 11.3 Å². The number of aryl methyl sites for hydroxylation is 1. The molecule has 4 nitrogen and oxygen atoms in total. The van der Waals surface area contributed by atoms with Crippen LogP contribution in [0.1, 0.15) is 21.5 Å². The van der Waals surface area contributed by atoms with Gasteiger partial charge in [-0.2, -0.15) is 0 Å². The third-order valence-electron chi connectivity index (χ3n) is 3.24. The van der Waals surface area contributed by atoms with Gasteiger partial charge in [0.15, 0.2) is 0 Å². The molecule has 0 aliphatic carbocycles. The van der Waals surface area contributed by atoms with Crippen LogP contribution in [0.25, 0.3) is 0 Å². The summed E-state index contributed by atoms with van der Waals surface area (Å²) in [6.45, 7) is 2.49. The molecule has 1 amide bonds. The number of benzene rings is 1. The maximum atomic E-state index is 12.0. The van der Waals surface area contributed by atoms with Crippen LogP contribution in [-0.2, 0) is 9.53 Å². The number of rotatable bonds is 3. The Morgan fingerprint density at radius 1 is 1.20 bits per heavy atom. The van der Waals surface area contributed by atoms with Crippen molar-refractivity contribution >= 4 is 17.4 Å². The van der Waals surface area contributed by atoms with Gasteiger partial charge in [0.2, 0.25) is 0 Å². The maximum absolute atomic E-state index is 12.0. The predicted molar refractivity (Wildman–Crippen MR) is 64.6 cm³/mol. The molecule has 0 spiro atoms. The Bertz CT molecular complexity index is 581. The van der Waals surface area contributed by atoms with Gasteiger partial charge in [0, 0.05) is 0 Å². The van der Waals surface area contributed by atoms with Crippen LogP contribution >= 0.6 is 0 Å². The molecule has 1 aromatic rings. The van der Waals surface area contributed by atoms with Crippen molar-refractivity contribution in [2.24, 2.45) is 0 Å². The molecule has 1 aliphatic rings. The first kappa shape index (κ1) is 14.5. The van der Waals surface area contributed by atoms with Crippen LogP contribution in [0.4, 0.5) is 18.9 Å². The lowest BCUT2D eigenvalue weighted by molar-refractivity contribution is -0.323. The molecule has 0 bridgehead atoms. The molecule has 1 heterocycles. The fraction of sp³-hybridized carbons (Fsp3) is 0.385. The quantitative estimate of drug-likeness (QED) is 0.802. The number of alkyl halides is 3. The number of carbonyl (C=O) groups excluding carboxylic acids is 2. The Morgan fingerprint density at radius 2 is 1.85 bits per heavy atom. The van der Waals surface area contributed by atoms with Gasteiger partial charge in [0.25, 0.3) is 11.7 Å². The molecule has 1 aromatic carbocycles. The number of anilines is 1. The van der Waals surface area contributed by atoms with E-state index in [9.17, 15) is 22.8 Å². The Hall–Kier alpha value is -1.89. The second-order valence-corrected chi connectivity index (χ2v) is 4.48. The van der Waals surface area contributed by atoms with Crippen LogP contribution in [0.15, 0.2) is 12.1 Å². The van der Waals surface area contributed by atoms with Gasteiger partial charge in [-0.1, -0.05) is 6.07 Å². The van der Waals surface area contributed by atoms with Crippen molar-refractivity contribution in [2.75, 3.05) is 18.1 Å². The summed E-state index contributed by atoms with van der Waals surface area (Å²) < 4.78 is 39.5. The van der Waals surface area contributed by atoms with E-state index in [1.165, 1.54) is 6.07 Å². The van der Waals surface area contributed by atoms with Crippen molar-refractivity contribution in [3.8, 4) is 0 Å². The largest absolute Gasteiger partial charge is 0.522 e. The zero-order chi connectivity index (χ0) is 15.1. The number of hydrogen-bond donors (Lipinski definition) is 0. The molecule has 7 heteroatoms. The molecule has 0 saturated heterocycles. The number of ketones is 1. The second kappa shape index (κ2) is 4.90. The lowest BCUT2D eigenvalue weighted by Crippen LogP contribution is -2.34. The van der Waals surface area contributed by atoms with Crippen molar-refractivity contribution < 1.29 is 27.5 Å². The molecule has 0 N–H and O–H groups in total. The summed E-state index contributed by atoms with van der Waals surface area (Å²) in [4.78, 5) is 24.6. The van der Waals surface area contributed by atoms with Gasteiger partial charge >= 0.3 is 6.36 Å². The van der Waals surface area contributed by atoms with Crippen LogP contribution in [0.2, 0.25) is 0 Å². The molecule has 0 atom stereocenters. The third-order valence-corrected chi connectivity index (χ3v) is 3.24. The summed E-state index contributed by atoms with van der Waals surface area (Å²) in [6, 6.07) is 3.22. The molecule has 0 radical (unpaired) electrons. The molecule has 0 aromatic heterocycles. The lowest BCUT2D eigenvalue weighted by Gasteiger charge is -2.19. The van der Waals surface area contributed by atoms with E-state index < -0.39 is 24.7 Å². The van der Waals surface area contributed by atoms with Crippen LogP contribution in [0, 0.1) is 13.8 Å². The zero-order valence-electron chi connectivity index (χ0n) is 10.9. The smallest absolute Gasteiger partial charge is 0.302 e. The Labute approximate surface area is 113 Å². The summed E-state index contributed by atoms with van der Waals surface area (Å²) in [7, 11) is 0. The van der Waals surface area contributed by atoms with Gasteiger partial charge in [-0.3, -0.25) is 14.3 Å². The summed E-state index contributed by atoms with van der Waals surface area (Å²) in [5.41, 5.74) is 2.16. The summed E-state index contributed by atoms with van der Waals surface area (Å²) in [5.74, 6) is -1.52. The number of fused-ring (bicyclic) bond motifs is 1. The average Bonchev–Trinajstić information content (AvgIpc) is 2.58. The Morgan fingerprint density at radius 3 is 2.45 bits per heavy atom. The maximum Gasteiger partial charge on any atom is 0.522 e. The van der Waals surface area contributed by atoms with Gasteiger partial charge in [0.1, 0.15) is 0 Å². The first-order chi connectivity index (χ1) is 9.22. The number of carbonyl (C=O) groups is 2. The topological polar surface area (TPSA) is 46.6 Å². The monoisotopic (exact) mass is 287 g/mol. The third kappa shape index (κ3) is 2.53. The van der Waals surface area contributed by atoms with E-state index in [1.807, 2.05) is 0 Å². The minimum atomic E-state index is -4.75. The van der Waals surface area contributed by atoms with E-state index in [0.717, 1.165) is 10.5 Å². The highest BCUT2D eigenvalue weighted by molar-refractivity contribution is 6.52. The highest BCUT2D eigenvalue weighted by Crippen LogP contribution is 2.34. The van der Waals surface area contributed by atoms with Crippen LogP contribution in [-0.4, -0.2) is 31.2 Å². The SMILES string of the molecule is Cc1ccc2c(c1C)N(CCOC(F)(F)F)C(=O)C2=O. The molecule has 108 valence electrons. The fourth-order valence-electron chi connectivity index (χ4n) is 2.14. The van der Waals surface area contributed by atoms with Gasteiger partial charge in [0.05, 0.1) is 24.4 Å². The minimum Gasteiger partial charge on any atom is -0.302 e. The summed E-state index contributed by atoms with van der Waals surface area (Å²) in [5, 5.41) is 0. The standard InChI is InChI=1S/C13H12F3NO3/c1-7-3-4-9-10(8(7)2)17(12(19)11(9)18)5-6-20-13(14,15)16/h3-4H,5-6H2,1-2H3. The van der Waals surface area contributed by atoms with Crippen molar-refractivity contribution in [3.05, 3.63) is 28.8 Å². The molecule has 20 heavy (non-hydrogen) atoms. The Balaban J connectivity index is 2.26. The van der Waals surface area contributed by atoms with E-state index >= 15 is 0 Å². The van der Waals surface area contributed by atoms with Gasteiger partial charge in [-0.25, -0.2) is 0 Å². The molecular formula is C13H12F3NO3. The van der Waals surface area contributed by atoms with E-state index in [-0.39, 0.29) is 12.1 Å². The molecule has 2 rings (SSSR count). The highest BCUT2D eigenvalue weighted by Gasteiger charge is 2.38. The first-order valence-corrected chi connectivity index (χ1v) is 5.89. The van der Waals surface area contributed by atoms with E-state index in [1.54, 1.807) is 19.9 Å². The van der Waals surface area contributed by atoms with Crippen molar-refractivity contribution in [3.63, 3.8) is 0 Å². The number of ether oxygens (including phenoxy) is 1. The highest BCUT2D eigenvalue weighted by atomic mass is 19.4. The van der Waals surface area contributed by atoms with Gasteiger partial charge < -0.3 is 4.90 Å². The lowest BCUT2D eigenvalue weighted by atomic mass is 10.0. The summed E-state index contributed by atoms with van der Waals surface area (Å²) in [6.07, 6.45) is -4.75. The number of nitrogens with zero attached hydrogens (tertiary/aromatic N) is 1. The fourth-order valence-corrected chi connectivity index (χ4v) is 2.14. The van der Waals surface area contributed by atoms with Crippen molar-refractivity contribution in [2.45, 2.75) is 20.2 Å². The number of halogens is 3. The molecular weight excluding hydrogens is 275 g/mol. The number of Topliss-reactive ketones (excluding diaryl/α,β-unsaturated/α-hetero) is 1. The molecule has 0 fully saturated rings. The molecule has 1 aliphatic heterocycles. The zero-order valence-corrected chi connectivity index (χ0v) is 10.9. The van der Waals surface area contributed by atoms with Crippen molar-refractivity contribution in [1.82, 2.24) is 0 Å². The Kier molecular flexibility index (Phi) is 3.56. The van der Waals surface area contributed by atoms with Crippen LogP contribution in [0.5, 0.6) is 0 Å². The van der Waals surface area contributed by atoms with Crippen LogP contribution in [0.3, 0.4) is 0 Å². The predicted octanol–water partition coefficient (Wildman–Crippen LogP) is 2.37. The summed E-state index contributed by atoms with van der Waals surface area (Å²) >= 11 is 0. The van der Waals surface area contributed by atoms with Gasteiger partial charge in [-0.15, -0.1) is 13.2 Å². The molecule has 0 saturated carbocycles.